The van der Waals surface area contributed by atoms with E-state index in [4.69, 9.17) is 4.74 Å². The van der Waals surface area contributed by atoms with Gasteiger partial charge in [0, 0.05) is 6.04 Å². The molecular weight excluding hydrogens is 269 g/mol. The normalized spacial score (nSPS) is 18.0. The number of methoxy groups -OCH3 is 1. The number of esters is 1. The van der Waals surface area contributed by atoms with Gasteiger partial charge in [-0.05, 0) is 37.0 Å². The standard InChI is InChI=1S/C17H24FNO2/c1-12-9-10-13(11-15(12)18)16(17(20)21-2)19-14-7-5-3-4-6-8-14/h9-11,14,16,19H,3-8H2,1-2H3. The Morgan fingerprint density at radius 3 is 2.52 bits per heavy atom. The quantitative estimate of drug-likeness (QED) is 0.680. The summed E-state index contributed by atoms with van der Waals surface area (Å²) in [5, 5.41) is 3.37. The van der Waals surface area contributed by atoms with Crippen molar-refractivity contribution in [1.82, 2.24) is 5.32 Å². The highest BCUT2D eigenvalue weighted by Crippen LogP contribution is 2.23. The molecule has 1 unspecified atom stereocenters. The molecule has 4 heteroatoms. The molecule has 1 fully saturated rings. The molecule has 0 saturated heterocycles. The highest BCUT2D eigenvalue weighted by atomic mass is 19.1. The molecule has 1 N–H and O–H groups in total. The number of rotatable bonds is 4. The van der Waals surface area contributed by atoms with Crippen LogP contribution in [-0.4, -0.2) is 19.1 Å². The van der Waals surface area contributed by atoms with Gasteiger partial charge < -0.3 is 4.74 Å². The van der Waals surface area contributed by atoms with Crippen molar-refractivity contribution < 1.29 is 13.9 Å². The first-order valence-corrected chi connectivity index (χ1v) is 7.71. The lowest BCUT2D eigenvalue weighted by atomic mass is 10.0. The molecule has 1 aliphatic carbocycles. The van der Waals surface area contributed by atoms with Crippen LogP contribution in [0.15, 0.2) is 18.2 Å². The first-order valence-electron chi connectivity index (χ1n) is 7.71. The SMILES string of the molecule is COC(=O)C(NC1CCCCCC1)c1ccc(C)c(F)c1. The lowest BCUT2D eigenvalue weighted by molar-refractivity contribution is -0.143. The monoisotopic (exact) mass is 293 g/mol. The van der Waals surface area contributed by atoms with Crippen molar-refractivity contribution in [2.75, 3.05) is 7.11 Å². The molecule has 0 aromatic heterocycles. The Labute approximate surface area is 125 Å². The predicted molar refractivity (Wildman–Crippen MR) is 80.5 cm³/mol. The van der Waals surface area contributed by atoms with E-state index in [9.17, 15) is 9.18 Å². The van der Waals surface area contributed by atoms with Crippen molar-refractivity contribution in [3.63, 3.8) is 0 Å². The van der Waals surface area contributed by atoms with Crippen molar-refractivity contribution >= 4 is 5.97 Å². The summed E-state index contributed by atoms with van der Waals surface area (Å²) >= 11 is 0. The minimum absolute atomic E-state index is 0.288. The smallest absolute Gasteiger partial charge is 0.327 e. The molecule has 0 amide bonds. The number of aryl methyl sites for hydroxylation is 1. The first-order chi connectivity index (χ1) is 10.1. The lowest BCUT2D eigenvalue weighted by Gasteiger charge is -2.23. The average Bonchev–Trinajstić information content (AvgIpc) is 2.75. The van der Waals surface area contributed by atoms with Gasteiger partial charge in [0.15, 0.2) is 0 Å². The van der Waals surface area contributed by atoms with Gasteiger partial charge in [0.2, 0.25) is 0 Å². The molecule has 0 aliphatic heterocycles. The Morgan fingerprint density at radius 1 is 1.29 bits per heavy atom. The second-order valence-electron chi connectivity index (χ2n) is 5.82. The predicted octanol–water partition coefficient (Wildman–Crippen LogP) is 3.66. The molecule has 2 rings (SSSR count). The fourth-order valence-electron chi connectivity index (χ4n) is 2.89. The number of carbonyl (C=O) groups excluding carboxylic acids is 1. The zero-order chi connectivity index (χ0) is 15.2. The van der Waals surface area contributed by atoms with E-state index in [1.807, 2.05) is 0 Å². The molecule has 1 aromatic carbocycles. The fourth-order valence-corrected chi connectivity index (χ4v) is 2.89. The van der Waals surface area contributed by atoms with Crippen LogP contribution in [0.2, 0.25) is 0 Å². The minimum Gasteiger partial charge on any atom is -0.468 e. The molecule has 0 radical (unpaired) electrons. The summed E-state index contributed by atoms with van der Waals surface area (Å²) < 4.78 is 18.7. The van der Waals surface area contributed by atoms with Crippen molar-refractivity contribution in [2.24, 2.45) is 0 Å². The van der Waals surface area contributed by atoms with E-state index in [1.165, 1.54) is 38.9 Å². The van der Waals surface area contributed by atoms with Gasteiger partial charge in [-0.15, -0.1) is 0 Å². The summed E-state index contributed by atoms with van der Waals surface area (Å²) in [6, 6.07) is 4.63. The molecular formula is C17H24FNO2. The number of ether oxygens (including phenoxy) is 1. The third-order valence-electron chi connectivity index (χ3n) is 4.22. The van der Waals surface area contributed by atoms with Gasteiger partial charge in [0.1, 0.15) is 11.9 Å². The van der Waals surface area contributed by atoms with Crippen LogP contribution in [0.5, 0.6) is 0 Å². The molecule has 3 nitrogen and oxygen atoms in total. The van der Waals surface area contributed by atoms with E-state index < -0.39 is 6.04 Å². The Balaban J connectivity index is 2.17. The highest BCUT2D eigenvalue weighted by Gasteiger charge is 2.25. The molecule has 116 valence electrons. The van der Waals surface area contributed by atoms with Gasteiger partial charge >= 0.3 is 5.97 Å². The van der Waals surface area contributed by atoms with E-state index in [-0.39, 0.29) is 11.8 Å². The van der Waals surface area contributed by atoms with Crippen LogP contribution in [0.1, 0.15) is 55.7 Å². The van der Waals surface area contributed by atoms with Crippen LogP contribution in [0.4, 0.5) is 4.39 Å². The maximum Gasteiger partial charge on any atom is 0.327 e. The van der Waals surface area contributed by atoms with Crippen LogP contribution in [0.25, 0.3) is 0 Å². The van der Waals surface area contributed by atoms with Crippen LogP contribution < -0.4 is 5.32 Å². The topological polar surface area (TPSA) is 38.3 Å². The Kier molecular flexibility index (Phi) is 5.74. The molecule has 0 spiro atoms. The molecule has 1 atom stereocenters. The molecule has 1 aromatic rings. The van der Waals surface area contributed by atoms with Crippen molar-refractivity contribution in [3.05, 3.63) is 35.1 Å². The summed E-state index contributed by atoms with van der Waals surface area (Å²) in [5.74, 6) is -0.647. The molecule has 1 saturated carbocycles. The zero-order valence-electron chi connectivity index (χ0n) is 12.8. The summed E-state index contributed by atoms with van der Waals surface area (Å²) in [5.41, 5.74) is 1.21. The van der Waals surface area contributed by atoms with Crippen molar-refractivity contribution in [3.8, 4) is 0 Å². The highest BCUT2D eigenvalue weighted by molar-refractivity contribution is 5.77. The summed E-state index contributed by atoms with van der Waals surface area (Å²) in [4.78, 5) is 12.1. The first kappa shape index (κ1) is 16.0. The Bertz CT molecular complexity index is 482. The largest absolute Gasteiger partial charge is 0.468 e. The number of benzene rings is 1. The summed E-state index contributed by atoms with van der Waals surface area (Å²) in [6.45, 7) is 1.71. The van der Waals surface area contributed by atoms with Gasteiger partial charge in [-0.3, -0.25) is 5.32 Å². The minimum atomic E-state index is -0.590. The maximum absolute atomic E-state index is 13.8. The van der Waals surface area contributed by atoms with Crippen molar-refractivity contribution in [1.29, 1.82) is 0 Å². The maximum atomic E-state index is 13.8. The van der Waals surface area contributed by atoms with E-state index in [0.717, 1.165) is 12.8 Å². The number of hydrogen-bond donors (Lipinski definition) is 1. The fraction of sp³-hybridized carbons (Fsp3) is 0.588. The average molecular weight is 293 g/mol. The summed E-state index contributed by atoms with van der Waals surface area (Å²) in [7, 11) is 1.37. The van der Waals surface area contributed by atoms with Gasteiger partial charge in [0.25, 0.3) is 0 Å². The van der Waals surface area contributed by atoms with Crippen LogP contribution in [0, 0.1) is 12.7 Å². The second-order valence-corrected chi connectivity index (χ2v) is 5.82. The van der Waals surface area contributed by atoms with Gasteiger partial charge in [-0.2, -0.15) is 0 Å². The van der Waals surface area contributed by atoms with Crippen LogP contribution >= 0.6 is 0 Å². The third-order valence-corrected chi connectivity index (χ3v) is 4.22. The summed E-state index contributed by atoms with van der Waals surface area (Å²) in [6.07, 6.45) is 6.96. The van der Waals surface area contributed by atoms with E-state index in [2.05, 4.69) is 5.32 Å². The van der Waals surface area contributed by atoms with Crippen LogP contribution in [-0.2, 0) is 9.53 Å². The van der Waals surface area contributed by atoms with Gasteiger partial charge in [-0.25, -0.2) is 9.18 Å². The van der Waals surface area contributed by atoms with Gasteiger partial charge in [0.05, 0.1) is 7.11 Å². The molecule has 1 aliphatic rings. The second kappa shape index (κ2) is 7.55. The lowest BCUT2D eigenvalue weighted by Crippen LogP contribution is -2.37. The van der Waals surface area contributed by atoms with E-state index >= 15 is 0 Å². The number of hydrogen-bond acceptors (Lipinski definition) is 3. The van der Waals surface area contributed by atoms with Crippen molar-refractivity contribution in [2.45, 2.75) is 57.5 Å². The Morgan fingerprint density at radius 2 is 1.95 bits per heavy atom. The number of halogens is 1. The third kappa shape index (κ3) is 4.27. The number of carbonyl (C=O) groups is 1. The molecule has 21 heavy (non-hydrogen) atoms. The Hall–Kier alpha value is -1.42. The van der Waals surface area contributed by atoms with E-state index in [1.54, 1.807) is 19.1 Å². The van der Waals surface area contributed by atoms with Crippen LogP contribution in [0.3, 0.4) is 0 Å². The van der Waals surface area contributed by atoms with Gasteiger partial charge in [-0.1, -0.05) is 37.8 Å². The molecule has 0 bridgehead atoms. The van der Waals surface area contributed by atoms with E-state index in [0.29, 0.717) is 17.2 Å². The zero-order valence-corrected chi connectivity index (χ0v) is 12.8. The molecule has 0 heterocycles. The number of nitrogens with one attached hydrogen (secondary N) is 1.